The van der Waals surface area contributed by atoms with Crippen molar-refractivity contribution in [3.8, 4) is 11.5 Å². The quantitative estimate of drug-likeness (QED) is 0.859. The van der Waals surface area contributed by atoms with Gasteiger partial charge in [0.05, 0.1) is 14.2 Å². The summed E-state index contributed by atoms with van der Waals surface area (Å²) in [6.45, 7) is 4.46. The van der Waals surface area contributed by atoms with Crippen molar-refractivity contribution in [1.82, 2.24) is 0 Å². The highest BCUT2D eigenvalue weighted by Gasteiger charge is 2.31. The van der Waals surface area contributed by atoms with Crippen LogP contribution in [0.25, 0.3) is 0 Å². The van der Waals surface area contributed by atoms with Crippen LogP contribution in [-0.4, -0.2) is 44.9 Å². The van der Waals surface area contributed by atoms with Crippen molar-refractivity contribution in [2.24, 2.45) is 15.9 Å². The Morgan fingerprint density at radius 3 is 2.52 bits per heavy atom. The van der Waals surface area contributed by atoms with Gasteiger partial charge in [0, 0.05) is 6.42 Å². The Morgan fingerprint density at radius 1 is 1.09 bits per heavy atom. The average Bonchev–Trinajstić information content (AvgIpc) is 3.01. The van der Waals surface area contributed by atoms with Crippen LogP contribution in [0.5, 0.6) is 11.5 Å². The summed E-state index contributed by atoms with van der Waals surface area (Å²) in [4.78, 5) is 9.40. The maximum Gasteiger partial charge on any atom is 0.231 e. The van der Waals surface area contributed by atoms with E-state index in [1.807, 2.05) is 18.2 Å². The maximum absolute atomic E-state index is 5.47. The van der Waals surface area contributed by atoms with E-state index in [0.29, 0.717) is 24.1 Å². The molecule has 2 aliphatic heterocycles. The maximum atomic E-state index is 5.47. The Balaban J connectivity index is 1.83. The van der Waals surface area contributed by atoms with Crippen molar-refractivity contribution >= 4 is 11.8 Å². The minimum Gasteiger partial charge on any atom is -0.483 e. The van der Waals surface area contributed by atoms with Crippen LogP contribution in [0.2, 0.25) is 0 Å². The van der Waals surface area contributed by atoms with Gasteiger partial charge in [-0.2, -0.15) is 0 Å². The van der Waals surface area contributed by atoms with Gasteiger partial charge in [0.1, 0.15) is 12.1 Å². The van der Waals surface area contributed by atoms with E-state index in [-0.39, 0.29) is 18.9 Å². The van der Waals surface area contributed by atoms with Crippen molar-refractivity contribution in [3.05, 3.63) is 23.8 Å². The zero-order valence-electron chi connectivity index (χ0n) is 13.9. The van der Waals surface area contributed by atoms with Gasteiger partial charge < -0.3 is 18.9 Å². The predicted octanol–water partition coefficient (Wildman–Crippen LogP) is 2.45. The van der Waals surface area contributed by atoms with E-state index in [4.69, 9.17) is 23.9 Å². The van der Waals surface area contributed by atoms with Gasteiger partial charge in [-0.1, -0.05) is 19.9 Å². The summed E-state index contributed by atoms with van der Waals surface area (Å²) in [5.74, 6) is 3.14. The van der Waals surface area contributed by atoms with Crippen LogP contribution in [0.15, 0.2) is 28.2 Å². The van der Waals surface area contributed by atoms with E-state index in [1.165, 1.54) is 0 Å². The normalized spacial score (nSPS) is 22.7. The molecule has 0 aromatic heterocycles. The summed E-state index contributed by atoms with van der Waals surface area (Å²) in [6, 6.07) is 5.62. The van der Waals surface area contributed by atoms with Crippen LogP contribution in [-0.2, 0) is 15.9 Å². The molecule has 1 aromatic carbocycles. The van der Waals surface area contributed by atoms with Crippen molar-refractivity contribution in [2.75, 3.05) is 21.0 Å². The van der Waals surface area contributed by atoms with Gasteiger partial charge in [-0.3, -0.25) is 0 Å². The fourth-order valence-electron chi connectivity index (χ4n) is 2.78. The Hall–Kier alpha value is -2.24. The largest absolute Gasteiger partial charge is 0.483 e. The lowest BCUT2D eigenvalue weighted by molar-refractivity contribution is 0.174. The van der Waals surface area contributed by atoms with Crippen LogP contribution in [0.3, 0.4) is 0 Å². The molecule has 2 aliphatic rings. The third-order valence-electron chi connectivity index (χ3n) is 4.00. The lowest BCUT2D eigenvalue weighted by Crippen LogP contribution is -2.38. The van der Waals surface area contributed by atoms with E-state index >= 15 is 0 Å². The van der Waals surface area contributed by atoms with Crippen LogP contribution < -0.4 is 9.47 Å². The van der Waals surface area contributed by atoms with Gasteiger partial charge >= 0.3 is 0 Å². The summed E-state index contributed by atoms with van der Waals surface area (Å²) in [5, 5.41) is 0. The molecule has 0 radical (unpaired) electrons. The molecule has 0 N–H and O–H groups in total. The van der Waals surface area contributed by atoms with E-state index in [0.717, 1.165) is 17.1 Å². The number of ether oxygens (including phenoxy) is 4. The molecule has 6 heteroatoms. The number of nitrogens with zero attached hydrogens (tertiary/aromatic N) is 2. The first-order chi connectivity index (χ1) is 11.1. The molecule has 3 rings (SSSR count). The number of fused-ring (bicyclic) bond motifs is 1. The van der Waals surface area contributed by atoms with Crippen molar-refractivity contribution in [1.29, 1.82) is 0 Å². The van der Waals surface area contributed by atoms with Crippen LogP contribution in [0.1, 0.15) is 19.4 Å². The molecule has 1 aromatic rings. The average molecular weight is 318 g/mol. The molecule has 23 heavy (non-hydrogen) atoms. The van der Waals surface area contributed by atoms with E-state index in [1.54, 1.807) is 14.2 Å². The van der Waals surface area contributed by atoms with E-state index in [9.17, 15) is 0 Å². The number of hydrogen-bond acceptors (Lipinski definition) is 6. The number of rotatable bonds is 3. The molecule has 2 atom stereocenters. The Morgan fingerprint density at radius 2 is 1.83 bits per heavy atom. The zero-order chi connectivity index (χ0) is 16.4. The van der Waals surface area contributed by atoms with Gasteiger partial charge in [-0.15, -0.1) is 0 Å². The Labute approximate surface area is 136 Å². The zero-order valence-corrected chi connectivity index (χ0v) is 13.9. The van der Waals surface area contributed by atoms with Crippen molar-refractivity contribution < 1.29 is 18.9 Å². The molecule has 0 unspecified atom stereocenters. The highest BCUT2D eigenvalue weighted by atomic mass is 16.7. The molecule has 0 spiro atoms. The van der Waals surface area contributed by atoms with E-state index < -0.39 is 0 Å². The highest BCUT2D eigenvalue weighted by molar-refractivity contribution is 5.94. The van der Waals surface area contributed by atoms with Crippen LogP contribution >= 0.6 is 0 Å². The molecule has 0 saturated heterocycles. The standard InChI is InChI=1S/C17H22N2O4/c1-10(2)15-17(21-4)18-12(16(19-15)20-3)7-11-5-6-13-14(8-11)23-9-22-13/h5-6,8,10,12,15H,7,9H2,1-4H3/t12-,15+/m1/s1. The highest BCUT2D eigenvalue weighted by Crippen LogP contribution is 2.33. The van der Waals surface area contributed by atoms with E-state index in [2.05, 4.69) is 18.8 Å². The fourth-order valence-corrected chi connectivity index (χ4v) is 2.78. The Kier molecular flexibility index (Phi) is 4.41. The first kappa shape index (κ1) is 15.6. The lowest BCUT2D eigenvalue weighted by Gasteiger charge is -2.27. The third kappa shape index (κ3) is 3.11. The molecule has 0 bridgehead atoms. The van der Waals surface area contributed by atoms with Gasteiger partial charge in [0.15, 0.2) is 11.5 Å². The minimum atomic E-state index is -0.190. The first-order valence-corrected chi connectivity index (χ1v) is 7.74. The van der Waals surface area contributed by atoms with Gasteiger partial charge in [0.25, 0.3) is 0 Å². The van der Waals surface area contributed by atoms with Crippen molar-refractivity contribution in [2.45, 2.75) is 32.4 Å². The number of hydrogen-bond donors (Lipinski definition) is 0. The molecule has 0 amide bonds. The molecule has 2 heterocycles. The molecular weight excluding hydrogens is 296 g/mol. The monoisotopic (exact) mass is 318 g/mol. The second kappa shape index (κ2) is 6.48. The first-order valence-electron chi connectivity index (χ1n) is 7.74. The van der Waals surface area contributed by atoms with Crippen molar-refractivity contribution in [3.63, 3.8) is 0 Å². The number of benzene rings is 1. The summed E-state index contributed by atoms with van der Waals surface area (Å²) in [7, 11) is 3.27. The second-order valence-electron chi connectivity index (χ2n) is 5.94. The van der Waals surface area contributed by atoms with Crippen LogP contribution in [0.4, 0.5) is 0 Å². The molecular formula is C17H22N2O4. The molecule has 6 nitrogen and oxygen atoms in total. The van der Waals surface area contributed by atoms with Gasteiger partial charge in [-0.05, 0) is 23.6 Å². The van der Waals surface area contributed by atoms with Gasteiger partial charge in [-0.25, -0.2) is 9.98 Å². The molecule has 0 saturated carbocycles. The smallest absolute Gasteiger partial charge is 0.231 e. The lowest BCUT2D eigenvalue weighted by atomic mass is 10.0. The molecule has 0 aliphatic carbocycles. The summed E-state index contributed by atoms with van der Waals surface area (Å²) < 4.78 is 21.7. The molecule has 0 fully saturated rings. The number of methoxy groups -OCH3 is 2. The fraction of sp³-hybridized carbons (Fsp3) is 0.529. The van der Waals surface area contributed by atoms with Crippen LogP contribution in [0, 0.1) is 5.92 Å². The summed E-state index contributed by atoms with van der Waals surface area (Å²) >= 11 is 0. The molecule has 124 valence electrons. The topological polar surface area (TPSA) is 61.6 Å². The predicted molar refractivity (Wildman–Crippen MR) is 87.6 cm³/mol. The minimum absolute atomic E-state index is 0.0945. The van der Waals surface area contributed by atoms with Gasteiger partial charge in [0.2, 0.25) is 18.6 Å². The second-order valence-corrected chi connectivity index (χ2v) is 5.94. The number of aliphatic imine (C=N–C) groups is 2. The third-order valence-corrected chi connectivity index (χ3v) is 4.00. The SMILES string of the molecule is COC1=N[C@H](Cc2ccc3c(c2)OCO3)C(OC)=N[C@H]1C(C)C. The summed E-state index contributed by atoms with van der Waals surface area (Å²) in [5.41, 5.74) is 1.09. The Bertz CT molecular complexity index is 639. The summed E-state index contributed by atoms with van der Waals surface area (Å²) in [6.07, 6.45) is 0.668.